The molecule has 2 bridgehead atoms. The molecule has 2 aromatic carbocycles. The molecule has 0 radical (unpaired) electrons. The lowest BCUT2D eigenvalue weighted by Gasteiger charge is -2.21. The van der Waals surface area contributed by atoms with Gasteiger partial charge in [0.15, 0.2) is 0 Å². The van der Waals surface area contributed by atoms with Crippen molar-refractivity contribution in [2.24, 2.45) is 23.9 Å². The molecule has 2 aliphatic carbocycles. The van der Waals surface area contributed by atoms with E-state index in [1.54, 1.807) is 11.8 Å². The van der Waals surface area contributed by atoms with E-state index in [0.717, 1.165) is 37.2 Å². The Kier molecular flexibility index (Phi) is 12.8. The molecule has 7 nitrogen and oxygen atoms in total. The zero-order chi connectivity index (χ0) is 37.8. The van der Waals surface area contributed by atoms with Crippen LogP contribution in [0.4, 0.5) is 33.3 Å². The molecule has 51 heavy (non-hydrogen) atoms. The van der Waals surface area contributed by atoms with E-state index in [-0.39, 0.29) is 11.3 Å². The molecule has 280 valence electrons. The van der Waals surface area contributed by atoms with Gasteiger partial charge in [-0.2, -0.15) is 18.3 Å². The van der Waals surface area contributed by atoms with Crippen LogP contribution in [0.5, 0.6) is 5.75 Å². The number of aliphatic imine (C=N–C) groups is 1. The van der Waals surface area contributed by atoms with Crippen molar-refractivity contribution in [1.29, 1.82) is 0 Å². The third kappa shape index (κ3) is 9.78. The Morgan fingerprint density at radius 2 is 1.86 bits per heavy atom. The van der Waals surface area contributed by atoms with Gasteiger partial charge in [-0.05, 0) is 91.7 Å². The molecule has 0 aliphatic heterocycles. The smallest absolute Gasteiger partial charge is 0.420 e. The molecule has 0 unspecified atom stereocenters. The molecule has 5 rings (SSSR count). The normalized spacial score (nSPS) is 18.3. The summed E-state index contributed by atoms with van der Waals surface area (Å²) in [6.45, 7) is 15.9. The summed E-state index contributed by atoms with van der Waals surface area (Å²) in [5.41, 5.74) is 2.95. The number of halogens is 5. The summed E-state index contributed by atoms with van der Waals surface area (Å²) < 4.78 is 73.2. The molecule has 1 saturated carbocycles. The summed E-state index contributed by atoms with van der Waals surface area (Å²) in [4.78, 5) is 18.6. The number of aromatic nitrogens is 2. The third-order valence-corrected chi connectivity index (χ3v) is 11.6. The first kappa shape index (κ1) is 40.0. The number of amides is 1. The van der Waals surface area contributed by atoms with E-state index in [9.17, 15) is 26.7 Å². The van der Waals surface area contributed by atoms with Crippen molar-refractivity contribution in [3.05, 3.63) is 70.0 Å². The van der Waals surface area contributed by atoms with Gasteiger partial charge in [-0.1, -0.05) is 51.7 Å². The number of carbonyl (C=O) groups excluding carboxylic acids is 1. The minimum atomic E-state index is -4.47. The average molecular weight is 734 g/mol. The van der Waals surface area contributed by atoms with E-state index in [1.807, 2.05) is 26.1 Å². The number of carbonyl (C=O) groups is 1. The fraction of sp³-hybridized carbons (Fsp3) is 0.553. The predicted molar refractivity (Wildman–Crippen MR) is 197 cm³/mol. The maximum Gasteiger partial charge on any atom is 0.420 e. The number of rotatable bonds is 12. The SMILES string of the molecule is CC(C)[C@@H]1[C@@H]2CC[C@H]1c1cccc(NC(=O)c3cn(C)nc3C(F)F)c12.CCN(C)C=Nc1cc(C(F)(F)F)c(OCCC[Si](C)(C)C)cc1C. The van der Waals surface area contributed by atoms with Gasteiger partial charge in [0.2, 0.25) is 0 Å². The highest BCUT2D eigenvalue weighted by atomic mass is 28.3. The Labute approximate surface area is 299 Å². The monoisotopic (exact) mass is 733 g/mol. The number of nitrogens with zero attached hydrogens (tertiary/aromatic N) is 4. The number of nitrogens with one attached hydrogen (secondary N) is 1. The van der Waals surface area contributed by atoms with Gasteiger partial charge >= 0.3 is 6.18 Å². The Morgan fingerprint density at radius 1 is 1.18 bits per heavy atom. The van der Waals surface area contributed by atoms with Gasteiger partial charge in [0.05, 0.1) is 29.8 Å². The van der Waals surface area contributed by atoms with Crippen molar-refractivity contribution in [3.63, 3.8) is 0 Å². The second-order valence-electron chi connectivity index (χ2n) is 15.2. The molecule has 1 fully saturated rings. The number of benzene rings is 2. The standard InChI is InChI=1S/C20H23F2N3O.C18H29F3N2OSi/c1-10(2)16-12-7-8-13(16)17-11(12)5-4-6-15(17)23-20(26)14-9-25(3)24-18(14)19(21)22;1-7-23(3)13-22-16-12-15(18(19,20)21)17(11-14(16)2)24-9-8-10-25(4,5)6/h4-6,9-10,12-13,16,19H,7-8H2,1-3H3,(H,23,26);11-13H,7-10H2,1-6H3/t12-,13-,16-;/m0./s1. The second-order valence-corrected chi connectivity index (χ2v) is 20.9. The zero-order valence-electron chi connectivity index (χ0n) is 31.2. The van der Waals surface area contributed by atoms with Crippen molar-refractivity contribution in [3.8, 4) is 5.75 Å². The van der Waals surface area contributed by atoms with Crippen LogP contribution in [0.2, 0.25) is 25.7 Å². The molecule has 1 heterocycles. The van der Waals surface area contributed by atoms with Crippen LogP contribution >= 0.6 is 0 Å². The van der Waals surface area contributed by atoms with Crippen molar-refractivity contribution in [2.75, 3.05) is 25.5 Å². The number of ether oxygens (including phenoxy) is 1. The third-order valence-electron chi connectivity index (χ3n) is 9.78. The van der Waals surface area contributed by atoms with E-state index in [4.69, 9.17) is 4.74 Å². The average Bonchev–Trinajstić information content (AvgIpc) is 3.74. The van der Waals surface area contributed by atoms with Gasteiger partial charge in [0.1, 0.15) is 11.4 Å². The fourth-order valence-corrected chi connectivity index (χ4v) is 8.50. The van der Waals surface area contributed by atoms with Crippen molar-refractivity contribution in [2.45, 2.75) is 97.1 Å². The van der Waals surface area contributed by atoms with Crippen LogP contribution in [-0.2, 0) is 13.2 Å². The summed E-state index contributed by atoms with van der Waals surface area (Å²) in [5.74, 6) is 1.52. The summed E-state index contributed by atoms with van der Waals surface area (Å²) in [7, 11) is 2.14. The lowest BCUT2D eigenvalue weighted by atomic mass is 9.85. The Balaban J connectivity index is 0.000000229. The highest BCUT2D eigenvalue weighted by Crippen LogP contribution is 2.61. The van der Waals surface area contributed by atoms with Crippen LogP contribution in [-0.4, -0.2) is 55.2 Å². The van der Waals surface area contributed by atoms with Gasteiger partial charge in [0.25, 0.3) is 12.3 Å². The first-order valence-electron chi connectivity index (χ1n) is 17.7. The first-order valence-corrected chi connectivity index (χ1v) is 21.4. The molecule has 1 aromatic heterocycles. The van der Waals surface area contributed by atoms with Gasteiger partial charge < -0.3 is 15.0 Å². The largest absolute Gasteiger partial charge is 0.493 e. The van der Waals surface area contributed by atoms with Crippen LogP contribution in [0.1, 0.15) is 96.6 Å². The maximum absolute atomic E-state index is 13.4. The second kappa shape index (κ2) is 16.3. The van der Waals surface area contributed by atoms with Crippen LogP contribution in [0.15, 0.2) is 41.5 Å². The van der Waals surface area contributed by atoms with Crippen LogP contribution in [0.25, 0.3) is 0 Å². The molecule has 3 aromatic rings. The lowest BCUT2D eigenvalue weighted by molar-refractivity contribution is -0.138. The van der Waals surface area contributed by atoms with Crippen LogP contribution in [0, 0.1) is 18.8 Å². The highest BCUT2D eigenvalue weighted by Gasteiger charge is 2.48. The quantitative estimate of drug-likeness (QED) is 0.0661. The van der Waals surface area contributed by atoms with Crippen molar-refractivity contribution in [1.82, 2.24) is 14.7 Å². The maximum atomic E-state index is 13.4. The lowest BCUT2D eigenvalue weighted by Crippen LogP contribution is -2.20. The molecule has 2 aliphatic rings. The molecule has 0 spiro atoms. The summed E-state index contributed by atoms with van der Waals surface area (Å²) >= 11 is 0. The van der Waals surface area contributed by atoms with E-state index < -0.39 is 37.8 Å². The number of fused-ring (bicyclic) bond motifs is 5. The van der Waals surface area contributed by atoms with Crippen molar-refractivity contribution < 1.29 is 31.5 Å². The number of anilines is 1. The Bertz CT molecular complexity index is 1700. The summed E-state index contributed by atoms with van der Waals surface area (Å²) in [6, 6.07) is 9.52. The molecule has 1 N–H and O–H groups in total. The van der Waals surface area contributed by atoms with Gasteiger partial charge in [-0.15, -0.1) is 0 Å². The summed E-state index contributed by atoms with van der Waals surface area (Å²) in [5, 5.41) is 6.61. The molecular formula is C38H52F5N5O2Si. The van der Waals surface area contributed by atoms with Crippen LogP contribution < -0.4 is 10.1 Å². The highest BCUT2D eigenvalue weighted by molar-refractivity contribution is 6.76. The Morgan fingerprint density at radius 3 is 2.47 bits per heavy atom. The fourth-order valence-electron chi connectivity index (χ4n) is 7.29. The zero-order valence-corrected chi connectivity index (χ0v) is 32.2. The van der Waals surface area contributed by atoms with Gasteiger partial charge in [-0.25, -0.2) is 13.8 Å². The number of aryl methyl sites for hydroxylation is 2. The van der Waals surface area contributed by atoms with E-state index in [1.165, 1.54) is 47.9 Å². The minimum absolute atomic E-state index is 0.0660. The minimum Gasteiger partial charge on any atom is -0.493 e. The van der Waals surface area contributed by atoms with E-state index in [2.05, 4.69) is 55.0 Å². The van der Waals surface area contributed by atoms with Gasteiger partial charge in [-0.3, -0.25) is 9.48 Å². The summed E-state index contributed by atoms with van der Waals surface area (Å²) in [6.07, 6.45) is -1.27. The number of hydrogen-bond acceptors (Lipinski definition) is 4. The number of alkyl halides is 5. The predicted octanol–water partition coefficient (Wildman–Crippen LogP) is 10.6. The molecular weight excluding hydrogens is 682 g/mol. The molecule has 0 saturated heterocycles. The van der Waals surface area contributed by atoms with Crippen LogP contribution in [0.3, 0.4) is 0 Å². The number of hydrogen-bond donors (Lipinski definition) is 1. The van der Waals surface area contributed by atoms with Crippen molar-refractivity contribution >= 4 is 31.7 Å². The molecule has 3 atom stereocenters. The molecule has 13 heteroatoms. The van der Waals surface area contributed by atoms with E-state index in [0.29, 0.717) is 41.5 Å². The van der Waals surface area contributed by atoms with E-state index >= 15 is 0 Å². The first-order chi connectivity index (χ1) is 23.8. The Hall–Kier alpha value is -3.74. The topological polar surface area (TPSA) is 71.8 Å². The van der Waals surface area contributed by atoms with Gasteiger partial charge in [0, 0.05) is 40.6 Å². The molecule has 1 amide bonds.